The van der Waals surface area contributed by atoms with Crippen LogP contribution in [0.5, 0.6) is 0 Å². The maximum atomic E-state index is 10.9. The van der Waals surface area contributed by atoms with Gasteiger partial charge in [0, 0.05) is 41.6 Å². The summed E-state index contributed by atoms with van der Waals surface area (Å²) in [5.41, 5.74) is 1.45. The van der Waals surface area contributed by atoms with Crippen LogP contribution in [-0.2, 0) is 0 Å². The molecule has 0 saturated carbocycles. The smallest absolute Gasteiger partial charge is 0.273 e. The van der Waals surface area contributed by atoms with Crippen LogP contribution in [0.4, 0.5) is 17.1 Å². The number of benzene rings is 1. The van der Waals surface area contributed by atoms with Crippen molar-refractivity contribution >= 4 is 28.4 Å². The van der Waals surface area contributed by atoms with Crippen molar-refractivity contribution in [1.29, 1.82) is 0 Å². The molecule has 1 aromatic carbocycles. The van der Waals surface area contributed by atoms with Crippen LogP contribution in [-0.4, -0.2) is 17.0 Å². The van der Waals surface area contributed by atoms with E-state index in [2.05, 4.69) is 15.6 Å². The van der Waals surface area contributed by atoms with Crippen molar-refractivity contribution in [3.05, 3.63) is 44.4 Å². The molecular weight excluding hydrogens is 276 g/mol. The molecule has 0 aliphatic heterocycles. The molecule has 0 saturated heterocycles. The molecule has 106 valence electrons. The summed E-state index contributed by atoms with van der Waals surface area (Å²) in [4.78, 5) is 16.0. The van der Waals surface area contributed by atoms with E-state index in [1.807, 2.05) is 26.1 Å². The van der Waals surface area contributed by atoms with Gasteiger partial charge >= 0.3 is 0 Å². The van der Waals surface area contributed by atoms with Crippen molar-refractivity contribution in [1.82, 2.24) is 4.98 Å². The van der Waals surface area contributed by atoms with Crippen molar-refractivity contribution < 1.29 is 4.92 Å². The Morgan fingerprint density at radius 3 is 2.60 bits per heavy atom. The fourth-order valence-corrected chi connectivity index (χ4v) is 2.60. The Hall–Kier alpha value is -2.15. The largest absolute Gasteiger partial charge is 0.388 e. The van der Waals surface area contributed by atoms with Gasteiger partial charge in [-0.3, -0.25) is 10.1 Å². The van der Waals surface area contributed by atoms with Gasteiger partial charge in [-0.1, -0.05) is 0 Å². The third-order valence-corrected chi connectivity index (χ3v) is 3.91. The number of non-ortho nitro benzene ring substituents is 1. The van der Waals surface area contributed by atoms with Crippen LogP contribution in [0, 0.1) is 17.0 Å². The highest BCUT2D eigenvalue weighted by Crippen LogP contribution is 2.28. The van der Waals surface area contributed by atoms with Crippen molar-refractivity contribution in [2.24, 2.45) is 0 Å². The Bertz CT molecular complexity index is 627. The molecular formula is C13H16N4O2S. The van der Waals surface area contributed by atoms with E-state index in [-0.39, 0.29) is 11.7 Å². The Morgan fingerprint density at radius 1 is 1.35 bits per heavy atom. The van der Waals surface area contributed by atoms with Crippen LogP contribution < -0.4 is 10.6 Å². The van der Waals surface area contributed by atoms with E-state index in [4.69, 9.17) is 0 Å². The molecule has 0 fully saturated rings. The number of nitro groups is 1. The standard InChI is InChI=1S/C13H16N4O2S/c1-8-7-15-13(20-8)9(2)16-11-4-10(14-3)5-12(6-11)17(18)19/h4-7,9,14,16H,1-3H3. The summed E-state index contributed by atoms with van der Waals surface area (Å²) in [6, 6.07) is 4.87. The summed E-state index contributed by atoms with van der Waals surface area (Å²) in [7, 11) is 1.73. The average Bonchev–Trinajstić information content (AvgIpc) is 2.85. The van der Waals surface area contributed by atoms with Gasteiger partial charge in [-0.2, -0.15) is 0 Å². The van der Waals surface area contributed by atoms with E-state index in [0.29, 0.717) is 11.4 Å². The Morgan fingerprint density at radius 2 is 2.05 bits per heavy atom. The molecule has 20 heavy (non-hydrogen) atoms. The summed E-state index contributed by atoms with van der Waals surface area (Å²) in [5, 5.41) is 18.0. The van der Waals surface area contributed by atoms with E-state index < -0.39 is 4.92 Å². The molecule has 2 rings (SSSR count). The van der Waals surface area contributed by atoms with Crippen molar-refractivity contribution in [3.8, 4) is 0 Å². The normalized spacial score (nSPS) is 11.9. The molecule has 1 unspecified atom stereocenters. The van der Waals surface area contributed by atoms with Gasteiger partial charge in [0.05, 0.1) is 11.0 Å². The number of aryl methyl sites for hydroxylation is 1. The van der Waals surface area contributed by atoms with Gasteiger partial charge < -0.3 is 10.6 Å². The number of aromatic nitrogens is 1. The summed E-state index contributed by atoms with van der Waals surface area (Å²) in [6.45, 7) is 3.98. The lowest BCUT2D eigenvalue weighted by Gasteiger charge is -2.13. The number of nitrogens with zero attached hydrogens (tertiary/aromatic N) is 2. The molecule has 1 aromatic heterocycles. The van der Waals surface area contributed by atoms with Crippen LogP contribution >= 0.6 is 11.3 Å². The van der Waals surface area contributed by atoms with Gasteiger partial charge in [0.25, 0.3) is 5.69 Å². The van der Waals surface area contributed by atoms with Crippen molar-refractivity contribution in [3.63, 3.8) is 0 Å². The highest BCUT2D eigenvalue weighted by atomic mass is 32.1. The first kappa shape index (κ1) is 14.3. The van der Waals surface area contributed by atoms with Gasteiger partial charge in [0.1, 0.15) is 5.01 Å². The molecule has 0 aliphatic carbocycles. The highest BCUT2D eigenvalue weighted by Gasteiger charge is 2.13. The molecule has 6 nitrogen and oxygen atoms in total. The summed E-state index contributed by atoms with van der Waals surface area (Å²) in [5.74, 6) is 0. The molecule has 1 atom stereocenters. The van der Waals surface area contributed by atoms with Crippen molar-refractivity contribution in [2.75, 3.05) is 17.7 Å². The molecule has 0 bridgehead atoms. The monoisotopic (exact) mass is 292 g/mol. The minimum Gasteiger partial charge on any atom is -0.388 e. The zero-order valence-electron chi connectivity index (χ0n) is 11.5. The number of thiazole rings is 1. The Balaban J connectivity index is 2.24. The van der Waals surface area contributed by atoms with Crippen LogP contribution in [0.15, 0.2) is 24.4 Å². The lowest BCUT2D eigenvalue weighted by Crippen LogP contribution is -2.07. The van der Waals surface area contributed by atoms with Crippen LogP contribution in [0.3, 0.4) is 0 Å². The third kappa shape index (κ3) is 3.24. The van der Waals surface area contributed by atoms with Gasteiger partial charge in [-0.25, -0.2) is 4.98 Å². The molecule has 2 N–H and O–H groups in total. The lowest BCUT2D eigenvalue weighted by atomic mass is 10.2. The number of nitrogens with one attached hydrogen (secondary N) is 2. The first-order valence-electron chi connectivity index (χ1n) is 6.15. The summed E-state index contributed by atoms with van der Waals surface area (Å²) >= 11 is 1.61. The highest BCUT2D eigenvalue weighted by molar-refractivity contribution is 7.11. The second-order valence-corrected chi connectivity index (χ2v) is 5.72. The van der Waals surface area contributed by atoms with E-state index in [1.165, 1.54) is 12.1 Å². The average molecular weight is 292 g/mol. The topological polar surface area (TPSA) is 80.1 Å². The minimum atomic E-state index is -0.399. The van der Waals surface area contributed by atoms with Crippen LogP contribution in [0.25, 0.3) is 0 Å². The predicted molar refractivity (Wildman–Crippen MR) is 81.5 cm³/mol. The van der Waals surface area contributed by atoms with E-state index in [9.17, 15) is 10.1 Å². The maximum Gasteiger partial charge on any atom is 0.273 e. The summed E-state index contributed by atoms with van der Waals surface area (Å²) in [6.07, 6.45) is 1.82. The molecule has 2 aromatic rings. The number of hydrogen-bond donors (Lipinski definition) is 2. The Labute approximate surface area is 121 Å². The first-order valence-corrected chi connectivity index (χ1v) is 6.97. The fraction of sp³-hybridized carbons (Fsp3) is 0.308. The van der Waals surface area contributed by atoms with E-state index >= 15 is 0 Å². The van der Waals surface area contributed by atoms with Gasteiger partial charge in [-0.05, 0) is 19.9 Å². The van der Waals surface area contributed by atoms with E-state index in [1.54, 1.807) is 18.4 Å². The van der Waals surface area contributed by atoms with Crippen LogP contribution in [0.1, 0.15) is 22.9 Å². The quantitative estimate of drug-likeness (QED) is 0.650. The van der Waals surface area contributed by atoms with Crippen LogP contribution in [0.2, 0.25) is 0 Å². The first-order chi connectivity index (χ1) is 9.49. The number of nitro benzene ring substituents is 1. The van der Waals surface area contributed by atoms with Gasteiger partial charge in [0.2, 0.25) is 0 Å². The van der Waals surface area contributed by atoms with Crippen molar-refractivity contribution in [2.45, 2.75) is 19.9 Å². The second kappa shape index (κ2) is 5.87. The SMILES string of the molecule is CNc1cc(NC(C)c2ncc(C)s2)cc([N+](=O)[O-])c1. The van der Waals surface area contributed by atoms with Gasteiger partial charge in [0.15, 0.2) is 0 Å². The number of anilines is 2. The fourth-order valence-electron chi connectivity index (χ4n) is 1.83. The zero-order chi connectivity index (χ0) is 14.7. The van der Waals surface area contributed by atoms with Gasteiger partial charge in [-0.15, -0.1) is 11.3 Å². The molecule has 0 aliphatic rings. The second-order valence-electron chi connectivity index (χ2n) is 4.45. The molecule has 0 radical (unpaired) electrons. The zero-order valence-corrected chi connectivity index (χ0v) is 12.3. The molecule has 1 heterocycles. The molecule has 0 spiro atoms. The molecule has 0 amide bonds. The number of rotatable bonds is 5. The van der Waals surface area contributed by atoms with E-state index in [0.717, 1.165) is 9.88 Å². The lowest BCUT2D eigenvalue weighted by molar-refractivity contribution is -0.384. The minimum absolute atomic E-state index is 0.000380. The Kier molecular flexibility index (Phi) is 4.19. The molecule has 7 heteroatoms. The summed E-state index contributed by atoms with van der Waals surface area (Å²) < 4.78 is 0. The maximum absolute atomic E-state index is 10.9. The third-order valence-electron chi connectivity index (χ3n) is 2.81. The number of hydrogen-bond acceptors (Lipinski definition) is 6. The predicted octanol–water partition coefficient (Wildman–Crippen LogP) is 3.57.